The van der Waals surface area contributed by atoms with Crippen LogP contribution in [0.4, 0.5) is 0 Å². The smallest absolute Gasteiger partial charge is 0.199 e. The lowest BCUT2D eigenvalue weighted by molar-refractivity contribution is 0.289. The van der Waals surface area contributed by atoms with Crippen LogP contribution >= 0.6 is 0 Å². The van der Waals surface area contributed by atoms with Crippen molar-refractivity contribution in [2.75, 3.05) is 0 Å². The number of hydrogen-bond donors (Lipinski definition) is 0. The van der Waals surface area contributed by atoms with Crippen LogP contribution in [0.15, 0.2) is 16.9 Å². The third kappa shape index (κ3) is 4.53. The molecule has 0 aromatic carbocycles. The molecule has 0 amide bonds. The van der Waals surface area contributed by atoms with Gasteiger partial charge in [0.2, 0.25) is 0 Å². The van der Waals surface area contributed by atoms with Crippen LogP contribution in [0.2, 0.25) is 0 Å². The maximum absolute atomic E-state index is 5.54. The van der Waals surface area contributed by atoms with Gasteiger partial charge in [-0.15, -0.1) is 0 Å². The minimum absolute atomic E-state index is 0.146. The summed E-state index contributed by atoms with van der Waals surface area (Å²) in [5.74, 6) is 0.933. The third-order valence-electron chi connectivity index (χ3n) is 3.61. The molecule has 17 heavy (non-hydrogen) atoms. The van der Waals surface area contributed by atoms with Crippen LogP contribution in [0, 0.1) is 0 Å². The van der Waals surface area contributed by atoms with Gasteiger partial charge >= 0.3 is 0 Å². The Labute approximate surface area is 106 Å². The summed E-state index contributed by atoms with van der Waals surface area (Å²) in [6.45, 7) is 6.80. The van der Waals surface area contributed by atoms with E-state index in [1.165, 1.54) is 51.4 Å². The van der Waals surface area contributed by atoms with Gasteiger partial charge in [-0.25, -0.2) is 4.98 Å². The molecule has 0 aliphatic rings. The SMILES string of the molecule is CCCCCCC(C)(CCCC)c1ncco1. The first-order valence-corrected chi connectivity index (χ1v) is 7.13. The monoisotopic (exact) mass is 237 g/mol. The number of oxazole rings is 1. The lowest BCUT2D eigenvalue weighted by Crippen LogP contribution is -2.22. The van der Waals surface area contributed by atoms with Crippen LogP contribution in [0.3, 0.4) is 0 Å². The molecule has 1 aromatic heterocycles. The van der Waals surface area contributed by atoms with E-state index in [1.807, 2.05) is 0 Å². The molecule has 2 heteroatoms. The minimum atomic E-state index is 0.146. The molecule has 1 unspecified atom stereocenters. The average molecular weight is 237 g/mol. The number of rotatable bonds is 9. The molecule has 0 saturated heterocycles. The summed E-state index contributed by atoms with van der Waals surface area (Å²) in [7, 11) is 0. The summed E-state index contributed by atoms with van der Waals surface area (Å²) in [6.07, 6.45) is 13.6. The van der Waals surface area contributed by atoms with Crippen LogP contribution in [-0.4, -0.2) is 4.98 Å². The van der Waals surface area contributed by atoms with E-state index in [0.717, 1.165) is 5.89 Å². The van der Waals surface area contributed by atoms with Crippen molar-refractivity contribution < 1.29 is 4.42 Å². The van der Waals surface area contributed by atoms with Gasteiger partial charge in [-0.05, 0) is 12.8 Å². The van der Waals surface area contributed by atoms with E-state index in [9.17, 15) is 0 Å². The first-order valence-electron chi connectivity index (χ1n) is 7.13. The Hall–Kier alpha value is -0.790. The summed E-state index contributed by atoms with van der Waals surface area (Å²) < 4.78 is 5.54. The van der Waals surface area contributed by atoms with Crippen molar-refractivity contribution >= 4 is 0 Å². The zero-order chi connectivity index (χ0) is 12.6. The summed E-state index contributed by atoms with van der Waals surface area (Å²) in [5.41, 5.74) is 0.146. The highest BCUT2D eigenvalue weighted by Gasteiger charge is 2.29. The quantitative estimate of drug-likeness (QED) is 0.559. The van der Waals surface area contributed by atoms with Gasteiger partial charge in [0.25, 0.3) is 0 Å². The summed E-state index contributed by atoms with van der Waals surface area (Å²) >= 11 is 0. The maximum Gasteiger partial charge on any atom is 0.199 e. The molecule has 0 radical (unpaired) electrons. The number of aromatic nitrogens is 1. The van der Waals surface area contributed by atoms with E-state index in [1.54, 1.807) is 12.5 Å². The average Bonchev–Trinajstić information content (AvgIpc) is 2.86. The van der Waals surface area contributed by atoms with Gasteiger partial charge in [0.15, 0.2) is 5.89 Å². The van der Waals surface area contributed by atoms with Crippen molar-refractivity contribution in [1.29, 1.82) is 0 Å². The fraction of sp³-hybridized carbons (Fsp3) is 0.800. The molecule has 0 bridgehead atoms. The zero-order valence-electron chi connectivity index (χ0n) is 11.7. The second-order valence-corrected chi connectivity index (χ2v) is 5.31. The number of unbranched alkanes of at least 4 members (excludes halogenated alkanes) is 4. The second kappa shape index (κ2) is 7.52. The molecule has 98 valence electrons. The Balaban J connectivity index is 2.53. The van der Waals surface area contributed by atoms with E-state index >= 15 is 0 Å². The van der Waals surface area contributed by atoms with Crippen LogP contribution in [0.25, 0.3) is 0 Å². The third-order valence-corrected chi connectivity index (χ3v) is 3.61. The van der Waals surface area contributed by atoms with Gasteiger partial charge in [0.05, 0.1) is 6.20 Å². The van der Waals surface area contributed by atoms with Gasteiger partial charge in [-0.3, -0.25) is 0 Å². The predicted octanol–water partition coefficient (Wildman–Crippen LogP) is 5.09. The Kier molecular flexibility index (Phi) is 6.31. The molecule has 1 atom stereocenters. The van der Waals surface area contributed by atoms with Crippen LogP contribution < -0.4 is 0 Å². The molecule has 1 rings (SSSR count). The van der Waals surface area contributed by atoms with E-state index in [2.05, 4.69) is 25.8 Å². The lowest BCUT2D eigenvalue weighted by atomic mass is 9.80. The van der Waals surface area contributed by atoms with E-state index in [4.69, 9.17) is 4.42 Å². The Morgan fingerprint density at radius 1 is 1.06 bits per heavy atom. The van der Waals surface area contributed by atoms with Crippen molar-refractivity contribution in [3.8, 4) is 0 Å². The summed E-state index contributed by atoms with van der Waals surface area (Å²) in [6, 6.07) is 0. The van der Waals surface area contributed by atoms with Crippen molar-refractivity contribution in [3.05, 3.63) is 18.4 Å². The molecule has 1 heterocycles. The summed E-state index contributed by atoms with van der Waals surface area (Å²) in [5, 5.41) is 0. The fourth-order valence-electron chi connectivity index (χ4n) is 2.37. The fourth-order valence-corrected chi connectivity index (χ4v) is 2.37. The van der Waals surface area contributed by atoms with Gasteiger partial charge in [0, 0.05) is 5.41 Å². The molecule has 0 N–H and O–H groups in total. The molecular formula is C15H27NO. The molecule has 1 aromatic rings. The van der Waals surface area contributed by atoms with Crippen molar-refractivity contribution in [2.24, 2.45) is 0 Å². The molecule has 0 spiro atoms. The summed E-state index contributed by atoms with van der Waals surface area (Å²) in [4.78, 5) is 4.37. The van der Waals surface area contributed by atoms with Gasteiger partial charge in [0.1, 0.15) is 6.26 Å². The molecular weight excluding hydrogens is 210 g/mol. The highest BCUT2D eigenvalue weighted by atomic mass is 16.3. The molecule has 0 aliphatic heterocycles. The van der Waals surface area contributed by atoms with E-state index in [-0.39, 0.29) is 5.41 Å². The lowest BCUT2D eigenvalue weighted by Gasteiger charge is -2.26. The Bertz CT molecular complexity index is 281. The van der Waals surface area contributed by atoms with Crippen molar-refractivity contribution in [3.63, 3.8) is 0 Å². The van der Waals surface area contributed by atoms with Crippen molar-refractivity contribution in [1.82, 2.24) is 4.98 Å². The van der Waals surface area contributed by atoms with E-state index in [0.29, 0.717) is 0 Å². The standard InChI is InChI=1S/C15H27NO/c1-4-6-8-9-11-15(3,10-7-5-2)14-16-12-13-17-14/h12-13H,4-11H2,1-3H3. The Morgan fingerprint density at radius 2 is 1.76 bits per heavy atom. The largest absolute Gasteiger partial charge is 0.448 e. The van der Waals surface area contributed by atoms with Crippen LogP contribution in [0.5, 0.6) is 0 Å². The van der Waals surface area contributed by atoms with Crippen LogP contribution in [-0.2, 0) is 5.41 Å². The topological polar surface area (TPSA) is 26.0 Å². The van der Waals surface area contributed by atoms with Crippen LogP contribution in [0.1, 0.15) is 78.0 Å². The highest BCUT2D eigenvalue weighted by molar-refractivity contribution is 5.02. The van der Waals surface area contributed by atoms with Crippen molar-refractivity contribution in [2.45, 2.75) is 77.6 Å². The number of hydrogen-bond acceptors (Lipinski definition) is 2. The number of nitrogens with zero attached hydrogens (tertiary/aromatic N) is 1. The zero-order valence-corrected chi connectivity index (χ0v) is 11.7. The first-order chi connectivity index (χ1) is 8.23. The maximum atomic E-state index is 5.54. The molecule has 2 nitrogen and oxygen atoms in total. The molecule has 0 saturated carbocycles. The minimum Gasteiger partial charge on any atom is -0.448 e. The Morgan fingerprint density at radius 3 is 2.35 bits per heavy atom. The van der Waals surface area contributed by atoms with Gasteiger partial charge in [-0.2, -0.15) is 0 Å². The first kappa shape index (κ1) is 14.3. The molecule has 0 aliphatic carbocycles. The second-order valence-electron chi connectivity index (χ2n) is 5.31. The van der Waals surface area contributed by atoms with E-state index < -0.39 is 0 Å². The van der Waals surface area contributed by atoms with Gasteiger partial charge < -0.3 is 4.42 Å². The van der Waals surface area contributed by atoms with Gasteiger partial charge in [-0.1, -0.05) is 59.3 Å². The predicted molar refractivity (Wildman–Crippen MR) is 72.1 cm³/mol. The normalized spacial score (nSPS) is 14.8. The molecule has 0 fully saturated rings. The highest BCUT2D eigenvalue weighted by Crippen LogP contribution is 2.34.